The van der Waals surface area contributed by atoms with Crippen LogP contribution in [0.5, 0.6) is 0 Å². The third kappa shape index (κ3) is 5.80. The van der Waals surface area contributed by atoms with Crippen LogP contribution in [-0.2, 0) is 4.79 Å². The van der Waals surface area contributed by atoms with Gasteiger partial charge in [-0.25, -0.2) is 0 Å². The van der Waals surface area contributed by atoms with Crippen LogP contribution >= 0.6 is 0 Å². The Morgan fingerprint density at radius 2 is 1.80 bits per heavy atom. The van der Waals surface area contributed by atoms with Crippen LogP contribution in [0.4, 0.5) is 0 Å². The van der Waals surface area contributed by atoms with Crippen LogP contribution in [0.2, 0.25) is 0 Å². The standard InChI is InChI=1S/C16H33N3O/c1-5-7-9-18(10-8-6-2)16(20)13-19-12-14(3)17-11-15(19)4/h14-15,17H,5-13H2,1-4H3. The number of nitrogens with one attached hydrogen (secondary N) is 1. The van der Waals surface area contributed by atoms with Crippen molar-refractivity contribution >= 4 is 5.91 Å². The molecule has 0 aromatic carbocycles. The molecule has 1 N–H and O–H groups in total. The zero-order valence-corrected chi connectivity index (χ0v) is 13.8. The van der Waals surface area contributed by atoms with Gasteiger partial charge in [-0.2, -0.15) is 0 Å². The quantitative estimate of drug-likeness (QED) is 0.741. The van der Waals surface area contributed by atoms with Crippen molar-refractivity contribution in [2.45, 2.75) is 65.5 Å². The van der Waals surface area contributed by atoms with E-state index in [2.05, 4.69) is 42.8 Å². The number of hydrogen-bond donors (Lipinski definition) is 1. The van der Waals surface area contributed by atoms with Crippen LogP contribution in [0.3, 0.4) is 0 Å². The Hall–Kier alpha value is -0.610. The molecule has 0 bridgehead atoms. The molecule has 4 heteroatoms. The number of unbranched alkanes of at least 4 members (excludes halogenated alkanes) is 2. The molecule has 0 radical (unpaired) electrons. The first kappa shape index (κ1) is 17.4. The van der Waals surface area contributed by atoms with Gasteiger partial charge in [0.05, 0.1) is 6.54 Å². The minimum atomic E-state index is 0.313. The van der Waals surface area contributed by atoms with Gasteiger partial charge in [0.2, 0.25) is 5.91 Å². The Bertz CT molecular complexity index is 275. The summed E-state index contributed by atoms with van der Waals surface area (Å²) in [5, 5.41) is 3.47. The lowest BCUT2D eigenvalue weighted by atomic mass is 10.1. The van der Waals surface area contributed by atoms with Crippen molar-refractivity contribution in [3.8, 4) is 0 Å². The zero-order chi connectivity index (χ0) is 15.0. The highest BCUT2D eigenvalue weighted by atomic mass is 16.2. The number of rotatable bonds is 8. The summed E-state index contributed by atoms with van der Waals surface area (Å²) < 4.78 is 0. The molecular formula is C16H33N3O. The fourth-order valence-corrected chi connectivity index (χ4v) is 2.65. The summed E-state index contributed by atoms with van der Waals surface area (Å²) in [6.07, 6.45) is 4.53. The molecule has 1 rings (SSSR count). The first-order chi connectivity index (χ1) is 9.58. The SMILES string of the molecule is CCCCN(CCCC)C(=O)CN1CC(C)NCC1C. The van der Waals surface area contributed by atoms with E-state index in [4.69, 9.17) is 0 Å². The Morgan fingerprint density at radius 3 is 2.35 bits per heavy atom. The van der Waals surface area contributed by atoms with Gasteiger partial charge in [-0.15, -0.1) is 0 Å². The maximum atomic E-state index is 12.5. The van der Waals surface area contributed by atoms with Crippen LogP contribution in [0.1, 0.15) is 53.4 Å². The van der Waals surface area contributed by atoms with Gasteiger partial charge in [0.15, 0.2) is 0 Å². The van der Waals surface area contributed by atoms with E-state index in [9.17, 15) is 4.79 Å². The average molecular weight is 283 g/mol. The second-order valence-corrected chi connectivity index (χ2v) is 6.18. The van der Waals surface area contributed by atoms with Crippen molar-refractivity contribution in [1.29, 1.82) is 0 Å². The van der Waals surface area contributed by atoms with Crippen molar-refractivity contribution in [1.82, 2.24) is 15.1 Å². The topological polar surface area (TPSA) is 35.6 Å². The number of nitrogens with zero attached hydrogens (tertiary/aromatic N) is 2. The molecule has 1 heterocycles. The fraction of sp³-hybridized carbons (Fsp3) is 0.938. The second kappa shape index (κ2) is 9.35. The lowest BCUT2D eigenvalue weighted by Gasteiger charge is -2.38. The molecule has 0 aliphatic carbocycles. The number of carbonyl (C=O) groups excluding carboxylic acids is 1. The van der Waals surface area contributed by atoms with E-state index in [0.29, 0.717) is 24.5 Å². The van der Waals surface area contributed by atoms with Gasteiger partial charge in [-0.05, 0) is 26.7 Å². The molecule has 0 spiro atoms. The highest BCUT2D eigenvalue weighted by molar-refractivity contribution is 5.78. The van der Waals surface area contributed by atoms with E-state index in [1.807, 2.05) is 0 Å². The third-order valence-electron chi connectivity index (χ3n) is 4.15. The molecule has 1 fully saturated rings. The molecule has 4 nitrogen and oxygen atoms in total. The van der Waals surface area contributed by atoms with Crippen LogP contribution < -0.4 is 5.32 Å². The maximum Gasteiger partial charge on any atom is 0.236 e. The van der Waals surface area contributed by atoms with Gasteiger partial charge in [-0.3, -0.25) is 9.69 Å². The van der Waals surface area contributed by atoms with Gasteiger partial charge >= 0.3 is 0 Å². The van der Waals surface area contributed by atoms with Crippen LogP contribution in [-0.4, -0.2) is 60.5 Å². The van der Waals surface area contributed by atoms with Crippen molar-refractivity contribution < 1.29 is 4.79 Å². The molecule has 0 aromatic rings. The van der Waals surface area contributed by atoms with E-state index in [-0.39, 0.29) is 0 Å². The summed E-state index contributed by atoms with van der Waals surface area (Å²) in [5.74, 6) is 0.313. The van der Waals surface area contributed by atoms with E-state index in [0.717, 1.165) is 51.9 Å². The highest BCUT2D eigenvalue weighted by Crippen LogP contribution is 2.08. The summed E-state index contributed by atoms with van der Waals surface area (Å²) in [4.78, 5) is 16.9. The summed E-state index contributed by atoms with van der Waals surface area (Å²) in [7, 11) is 0. The molecule has 1 aliphatic heterocycles. The molecule has 0 aromatic heterocycles. The van der Waals surface area contributed by atoms with Gasteiger partial charge in [0.25, 0.3) is 0 Å². The molecule has 1 saturated heterocycles. The molecule has 0 saturated carbocycles. The summed E-state index contributed by atoms with van der Waals surface area (Å²) >= 11 is 0. The van der Waals surface area contributed by atoms with E-state index in [1.165, 1.54) is 0 Å². The molecule has 1 aliphatic rings. The minimum Gasteiger partial charge on any atom is -0.342 e. The van der Waals surface area contributed by atoms with Crippen molar-refractivity contribution in [2.24, 2.45) is 0 Å². The predicted octanol–water partition coefficient (Wildman–Crippen LogP) is 2.10. The Morgan fingerprint density at radius 1 is 1.20 bits per heavy atom. The Kier molecular flexibility index (Phi) is 8.15. The monoisotopic (exact) mass is 283 g/mol. The fourth-order valence-electron chi connectivity index (χ4n) is 2.65. The number of amides is 1. The lowest BCUT2D eigenvalue weighted by Crippen LogP contribution is -2.56. The lowest BCUT2D eigenvalue weighted by molar-refractivity contribution is -0.133. The molecule has 118 valence electrons. The third-order valence-corrected chi connectivity index (χ3v) is 4.15. The molecular weight excluding hydrogens is 250 g/mol. The molecule has 1 amide bonds. The largest absolute Gasteiger partial charge is 0.342 e. The molecule has 2 atom stereocenters. The Balaban J connectivity index is 2.50. The maximum absolute atomic E-state index is 12.5. The van der Waals surface area contributed by atoms with Gasteiger partial charge in [0.1, 0.15) is 0 Å². The first-order valence-electron chi connectivity index (χ1n) is 8.33. The van der Waals surface area contributed by atoms with E-state index >= 15 is 0 Å². The number of hydrogen-bond acceptors (Lipinski definition) is 3. The van der Waals surface area contributed by atoms with E-state index in [1.54, 1.807) is 0 Å². The van der Waals surface area contributed by atoms with Crippen molar-refractivity contribution in [3.63, 3.8) is 0 Å². The smallest absolute Gasteiger partial charge is 0.236 e. The Labute approximate surface area is 124 Å². The summed E-state index contributed by atoms with van der Waals surface area (Å²) in [6, 6.07) is 0.938. The van der Waals surface area contributed by atoms with Gasteiger partial charge < -0.3 is 10.2 Å². The minimum absolute atomic E-state index is 0.313. The van der Waals surface area contributed by atoms with Crippen LogP contribution in [0, 0.1) is 0 Å². The second-order valence-electron chi connectivity index (χ2n) is 6.18. The highest BCUT2D eigenvalue weighted by Gasteiger charge is 2.25. The van der Waals surface area contributed by atoms with Crippen molar-refractivity contribution in [3.05, 3.63) is 0 Å². The number of piperazine rings is 1. The first-order valence-corrected chi connectivity index (χ1v) is 8.33. The zero-order valence-electron chi connectivity index (χ0n) is 13.8. The van der Waals surface area contributed by atoms with Crippen LogP contribution in [0.25, 0.3) is 0 Å². The summed E-state index contributed by atoms with van der Waals surface area (Å²) in [6.45, 7) is 13.1. The average Bonchev–Trinajstić information content (AvgIpc) is 2.43. The summed E-state index contributed by atoms with van der Waals surface area (Å²) in [5.41, 5.74) is 0. The molecule has 2 unspecified atom stereocenters. The van der Waals surface area contributed by atoms with Crippen LogP contribution in [0.15, 0.2) is 0 Å². The molecule has 20 heavy (non-hydrogen) atoms. The van der Waals surface area contributed by atoms with Crippen molar-refractivity contribution in [2.75, 3.05) is 32.7 Å². The normalized spacial score (nSPS) is 23.8. The van der Waals surface area contributed by atoms with Gasteiger partial charge in [-0.1, -0.05) is 26.7 Å². The van der Waals surface area contributed by atoms with Gasteiger partial charge in [0, 0.05) is 38.3 Å². The van der Waals surface area contributed by atoms with E-state index < -0.39 is 0 Å². The predicted molar refractivity (Wildman–Crippen MR) is 84.9 cm³/mol. The number of carbonyl (C=O) groups is 1.